The van der Waals surface area contributed by atoms with Gasteiger partial charge in [-0.15, -0.1) is 0 Å². The molecule has 0 aliphatic rings. The fourth-order valence-corrected chi connectivity index (χ4v) is 2.45. The maximum atomic E-state index is 11.9. The number of H-pyrrole nitrogens is 1. The van der Waals surface area contributed by atoms with Crippen molar-refractivity contribution in [1.82, 2.24) is 10.2 Å². The van der Waals surface area contributed by atoms with Crippen molar-refractivity contribution >= 4 is 33.7 Å². The molecule has 0 aliphatic carbocycles. The van der Waals surface area contributed by atoms with E-state index in [0.29, 0.717) is 5.39 Å². The minimum Gasteiger partial charge on any atom is -0.350 e. The van der Waals surface area contributed by atoms with Crippen LogP contribution in [0.2, 0.25) is 0 Å². The van der Waals surface area contributed by atoms with Gasteiger partial charge in [-0.1, -0.05) is 49.5 Å². The van der Waals surface area contributed by atoms with Gasteiger partial charge in [-0.25, -0.2) is 5.10 Å². The summed E-state index contributed by atoms with van der Waals surface area (Å²) >= 11 is 5.22. The lowest BCUT2D eigenvalue weighted by Gasteiger charge is -2.09. The highest BCUT2D eigenvalue weighted by Crippen LogP contribution is 2.26. The van der Waals surface area contributed by atoms with Crippen molar-refractivity contribution in [2.75, 3.05) is 5.32 Å². The molecule has 5 heteroatoms. The summed E-state index contributed by atoms with van der Waals surface area (Å²) in [6.45, 7) is 2.01. The number of aromatic amines is 1. The van der Waals surface area contributed by atoms with E-state index in [2.05, 4.69) is 15.5 Å². The summed E-state index contributed by atoms with van der Waals surface area (Å²) in [5.41, 5.74) is 2.42. The van der Waals surface area contributed by atoms with E-state index in [0.717, 1.165) is 33.7 Å². The van der Waals surface area contributed by atoms with Crippen LogP contribution in [0.4, 0.5) is 5.69 Å². The van der Waals surface area contributed by atoms with E-state index in [9.17, 15) is 4.79 Å². The molecule has 0 spiro atoms. The van der Waals surface area contributed by atoms with E-state index >= 15 is 0 Å². The number of rotatable bonds is 3. The van der Waals surface area contributed by atoms with Gasteiger partial charge in [0.05, 0.1) is 16.1 Å². The predicted octanol–water partition coefficient (Wildman–Crippen LogP) is 3.74. The minimum atomic E-state index is -0.180. The average molecular weight is 309 g/mol. The van der Waals surface area contributed by atoms with Crippen molar-refractivity contribution in [2.45, 2.75) is 13.3 Å². The number of thiocarbonyl (C=S) groups is 1. The standard InChI is InChI=1S/C17H15N3OS/c1-2-15(22)18-12-7-5-6-11(10-12)16-13-8-3-4-9-14(13)17(21)20-19-16/h3-10H,2H2,1H3,(H,18,22)(H,20,21). The SMILES string of the molecule is CCC(=S)Nc1cccc(-c2n[nH]c(=O)c3ccccc23)c1. The van der Waals surface area contributed by atoms with Crippen LogP contribution in [0, 0.1) is 0 Å². The van der Waals surface area contributed by atoms with E-state index in [1.165, 1.54) is 0 Å². The number of nitrogens with zero attached hydrogens (tertiary/aromatic N) is 1. The molecule has 3 aromatic rings. The van der Waals surface area contributed by atoms with Gasteiger partial charge in [0.15, 0.2) is 0 Å². The first-order valence-electron chi connectivity index (χ1n) is 7.06. The van der Waals surface area contributed by atoms with Gasteiger partial charge < -0.3 is 5.32 Å². The predicted molar refractivity (Wildman–Crippen MR) is 94.3 cm³/mol. The van der Waals surface area contributed by atoms with Gasteiger partial charge in [0.2, 0.25) is 0 Å². The summed E-state index contributed by atoms with van der Waals surface area (Å²) in [7, 11) is 0. The van der Waals surface area contributed by atoms with E-state index in [-0.39, 0.29) is 5.56 Å². The monoisotopic (exact) mass is 309 g/mol. The van der Waals surface area contributed by atoms with E-state index < -0.39 is 0 Å². The van der Waals surface area contributed by atoms with Gasteiger partial charge in [-0.3, -0.25) is 4.79 Å². The highest BCUT2D eigenvalue weighted by atomic mass is 32.1. The van der Waals surface area contributed by atoms with Crippen molar-refractivity contribution in [1.29, 1.82) is 0 Å². The van der Waals surface area contributed by atoms with Crippen LogP contribution in [0.25, 0.3) is 22.0 Å². The number of hydrogen-bond donors (Lipinski definition) is 2. The highest BCUT2D eigenvalue weighted by Gasteiger charge is 2.08. The molecule has 0 unspecified atom stereocenters. The Morgan fingerprint density at radius 3 is 2.73 bits per heavy atom. The van der Waals surface area contributed by atoms with Crippen molar-refractivity contribution in [2.24, 2.45) is 0 Å². The number of nitrogens with one attached hydrogen (secondary N) is 2. The summed E-state index contributed by atoms with van der Waals surface area (Å²) in [6, 6.07) is 15.3. The maximum absolute atomic E-state index is 11.9. The third kappa shape index (κ3) is 2.76. The second kappa shape index (κ2) is 6.07. The molecule has 3 rings (SSSR count). The Balaban J connectivity index is 2.12. The Morgan fingerprint density at radius 1 is 1.18 bits per heavy atom. The number of benzene rings is 2. The first kappa shape index (κ1) is 14.4. The van der Waals surface area contributed by atoms with Crippen LogP contribution in [-0.4, -0.2) is 15.2 Å². The van der Waals surface area contributed by atoms with Gasteiger partial charge in [0.1, 0.15) is 0 Å². The van der Waals surface area contributed by atoms with E-state index in [4.69, 9.17) is 12.2 Å². The first-order valence-corrected chi connectivity index (χ1v) is 7.47. The van der Waals surface area contributed by atoms with Crippen LogP contribution in [0.1, 0.15) is 13.3 Å². The quantitative estimate of drug-likeness (QED) is 0.724. The summed E-state index contributed by atoms with van der Waals surface area (Å²) < 4.78 is 0. The van der Waals surface area contributed by atoms with Gasteiger partial charge >= 0.3 is 0 Å². The normalized spacial score (nSPS) is 10.6. The number of aromatic nitrogens is 2. The fourth-order valence-electron chi connectivity index (χ4n) is 2.33. The van der Waals surface area contributed by atoms with Gasteiger partial charge in [0.25, 0.3) is 5.56 Å². The molecule has 0 radical (unpaired) electrons. The van der Waals surface area contributed by atoms with Crippen LogP contribution in [0.5, 0.6) is 0 Å². The van der Waals surface area contributed by atoms with E-state index in [1.807, 2.05) is 49.4 Å². The number of fused-ring (bicyclic) bond motifs is 1. The van der Waals surface area contributed by atoms with Crippen molar-refractivity contribution in [3.05, 3.63) is 58.9 Å². The molecule has 0 amide bonds. The molecule has 2 N–H and O–H groups in total. The summed E-state index contributed by atoms with van der Waals surface area (Å²) in [5.74, 6) is 0. The zero-order valence-corrected chi connectivity index (χ0v) is 12.9. The molecule has 1 heterocycles. The zero-order chi connectivity index (χ0) is 15.5. The molecule has 0 saturated heterocycles. The van der Waals surface area contributed by atoms with Crippen molar-refractivity contribution < 1.29 is 0 Å². The van der Waals surface area contributed by atoms with Crippen LogP contribution in [-0.2, 0) is 0 Å². The molecular weight excluding hydrogens is 294 g/mol. The molecule has 110 valence electrons. The Bertz CT molecular complexity index is 902. The number of hydrogen-bond acceptors (Lipinski definition) is 3. The summed E-state index contributed by atoms with van der Waals surface area (Å²) in [5, 5.41) is 11.4. The molecule has 0 bridgehead atoms. The Kier molecular flexibility index (Phi) is 3.98. The van der Waals surface area contributed by atoms with Crippen LogP contribution in [0.3, 0.4) is 0 Å². The number of anilines is 1. The second-order valence-corrected chi connectivity index (χ2v) is 5.42. The molecule has 0 fully saturated rings. The molecule has 1 aromatic heterocycles. The fraction of sp³-hybridized carbons (Fsp3) is 0.118. The average Bonchev–Trinajstić information content (AvgIpc) is 2.55. The Hall–Kier alpha value is -2.53. The lowest BCUT2D eigenvalue weighted by Crippen LogP contribution is -2.09. The maximum Gasteiger partial charge on any atom is 0.272 e. The largest absolute Gasteiger partial charge is 0.350 e. The molecule has 2 aromatic carbocycles. The lowest BCUT2D eigenvalue weighted by molar-refractivity contribution is 1.02. The third-order valence-corrected chi connectivity index (χ3v) is 3.83. The molecule has 0 aliphatic heterocycles. The van der Waals surface area contributed by atoms with Crippen molar-refractivity contribution in [3.63, 3.8) is 0 Å². The Labute approximate surface area is 133 Å². The second-order valence-electron chi connectivity index (χ2n) is 4.93. The van der Waals surface area contributed by atoms with Gasteiger partial charge in [-0.2, -0.15) is 5.10 Å². The molecule has 0 atom stereocenters. The highest BCUT2D eigenvalue weighted by molar-refractivity contribution is 7.80. The summed E-state index contributed by atoms with van der Waals surface area (Å²) in [6.07, 6.45) is 0.791. The molecular formula is C17H15N3OS. The topological polar surface area (TPSA) is 57.8 Å². The smallest absolute Gasteiger partial charge is 0.272 e. The zero-order valence-electron chi connectivity index (χ0n) is 12.1. The van der Waals surface area contributed by atoms with Gasteiger partial charge in [-0.05, 0) is 24.6 Å². The third-order valence-electron chi connectivity index (χ3n) is 3.44. The van der Waals surface area contributed by atoms with Crippen LogP contribution >= 0.6 is 12.2 Å². The summed E-state index contributed by atoms with van der Waals surface area (Å²) in [4.78, 5) is 12.7. The Morgan fingerprint density at radius 2 is 1.95 bits per heavy atom. The first-order chi connectivity index (χ1) is 10.7. The minimum absolute atomic E-state index is 0.180. The van der Waals surface area contributed by atoms with Gasteiger partial charge in [0, 0.05) is 16.6 Å². The molecule has 0 saturated carbocycles. The molecule has 22 heavy (non-hydrogen) atoms. The molecule has 4 nitrogen and oxygen atoms in total. The van der Waals surface area contributed by atoms with E-state index in [1.54, 1.807) is 6.07 Å². The van der Waals surface area contributed by atoms with Crippen LogP contribution in [0.15, 0.2) is 53.3 Å². The van der Waals surface area contributed by atoms with Crippen LogP contribution < -0.4 is 10.9 Å². The van der Waals surface area contributed by atoms with Crippen molar-refractivity contribution in [3.8, 4) is 11.3 Å². The lowest BCUT2D eigenvalue weighted by atomic mass is 10.0.